The smallest absolute Gasteiger partial charge is 0.136 e. The first-order chi connectivity index (χ1) is 25.6. The maximum Gasteiger partial charge on any atom is 0.136 e. The summed E-state index contributed by atoms with van der Waals surface area (Å²) < 4.78 is 79.1. The molecule has 208 valence electrons. The van der Waals surface area contributed by atoms with Crippen LogP contribution in [-0.2, 0) is 0 Å². The summed E-state index contributed by atoms with van der Waals surface area (Å²) in [7, 11) is 0. The fourth-order valence-electron chi connectivity index (χ4n) is 7.06. The highest BCUT2D eigenvalue weighted by atomic mass is 16.3. The fourth-order valence-corrected chi connectivity index (χ4v) is 7.06. The average Bonchev–Trinajstić information content (AvgIpc) is 3.57. The second-order valence-corrected chi connectivity index (χ2v) is 11.4. The van der Waals surface area contributed by atoms with Crippen LogP contribution in [0.1, 0.15) is 11.0 Å². The summed E-state index contributed by atoms with van der Waals surface area (Å²) in [6.07, 6.45) is 0. The molecule has 0 unspecified atom stereocenters. The van der Waals surface area contributed by atoms with E-state index in [1.165, 1.54) is 0 Å². The minimum Gasteiger partial charge on any atom is -0.456 e. The zero-order valence-electron chi connectivity index (χ0n) is 31.8. The molecule has 0 spiro atoms. The summed E-state index contributed by atoms with van der Waals surface area (Å²) in [6, 6.07) is 32.4. The summed E-state index contributed by atoms with van der Waals surface area (Å²) in [5.41, 5.74) is 3.06. The third-order valence-corrected chi connectivity index (χ3v) is 9.06. The quantitative estimate of drug-likeness (QED) is 0.147. The van der Waals surface area contributed by atoms with Crippen LogP contribution in [0.4, 0.5) is 0 Å². The van der Waals surface area contributed by atoms with Gasteiger partial charge in [0, 0.05) is 10.8 Å². The monoisotopic (exact) mass is 578 g/mol. The van der Waals surface area contributed by atoms with Crippen molar-refractivity contribution in [2.45, 2.75) is 0 Å². The number of hydrogen-bond acceptors (Lipinski definition) is 1. The van der Waals surface area contributed by atoms with Gasteiger partial charge >= 0.3 is 0 Å². The summed E-state index contributed by atoms with van der Waals surface area (Å²) >= 11 is 0. The summed E-state index contributed by atoms with van der Waals surface area (Å²) in [6.45, 7) is 0. The van der Waals surface area contributed by atoms with Crippen LogP contribution >= 0.6 is 0 Å². The highest BCUT2D eigenvalue weighted by Gasteiger charge is 2.19. The number of fused-ring (bicyclic) bond motifs is 10. The molecule has 1 heteroatoms. The Labute approximate surface area is 270 Å². The number of hydrogen-bond donors (Lipinski definition) is 0. The lowest BCUT2D eigenvalue weighted by Crippen LogP contribution is -1.91. The summed E-state index contributed by atoms with van der Waals surface area (Å²) in [4.78, 5) is 0. The van der Waals surface area contributed by atoms with E-state index >= 15 is 0 Å². The molecule has 1 nitrogen and oxygen atoms in total. The lowest BCUT2D eigenvalue weighted by atomic mass is 9.85. The average molecular weight is 579 g/mol. The van der Waals surface area contributed by atoms with E-state index in [1.807, 2.05) is 103 Å². The van der Waals surface area contributed by atoms with E-state index in [0.717, 1.165) is 43.1 Å². The maximum absolute atomic E-state index is 9.38. The Bertz CT molecular complexity index is 3190. The van der Waals surface area contributed by atoms with Gasteiger partial charge in [0.15, 0.2) is 0 Å². The third-order valence-electron chi connectivity index (χ3n) is 9.06. The molecule has 0 aliphatic rings. The van der Waals surface area contributed by atoms with E-state index in [4.69, 9.17) is 9.90 Å². The largest absolute Gasteiger partial charge is 0.456 e. The molecule has 0 atom stereocenters. The molecule has 0 fully saturated rings. The van der Waals surface area contributed by atoms with Crippen molar-refractivity contribution in [3.63, 3.8) is 0 Å². The molecule has 0 bridgehead atoms. The van der Waals surface area contributed by atoms with Crippen LogP contribution in [0.25, 0.3) is 98.1 Å². The van der Waals surface area contributed by atoms with Gasteiger partial charge in [-0.2, -0.15) is 0 Å². The predicted molar refractivity (Wildman–Crippen MR) is 192 cm³/mol. The second kappa shape index (κ2) is 9.29. The van der Waals surface area contributed by atoms with Crippen LogP contribution in [0, 0.1) is 0 Å². The first kappa shape index (κ1) is 18.0. The van der Waals surface area contributed by atoms with Gasteiger partial charge in [0.1, 0.15) is 11.2 Å². The van der Waals surface area contributed by atoms with Gasteiger partial charge in [0.25, 0.3) is 0 Å². The zero-order valence-corrected chi connectivity index (χ0v) is 23.8. The fraction of sp³-hybridized carbons (Fsp3) is 0. The molecule has 0 amide bonds. The number of rotatable bonds is 2. The van der Waals surface area contributed by atoms with Crippen LogP contribution in [0.15, 0.2) is 162 Å². The Morgan fingerprint density at radius 1 is 0.378 bits per heavy atom. The van der Waals surface area contributed by atoms with Crippen LogP contribution in [0.2, 0.25) is 0 Å². The van der Waals surface area contributed by atoms with Crippen molar-refractivity contribution in [2.24, 2.45) is 0 Å². The second-order valence-electron chi connectivity index (χ2n) is 11.4. The van der Waals surface area contributed by atoms with Crippen molar-refractivity contribution in [1.82, 2.24) is 0 Å². The molecule has 1 aromatic heterocycles. The minimum absolute atomic E-state index is 0.179. The summed E-state index contributed by atoms with van der Waals surface area (Å²) in [5, 5.41) is 8.31. The highest BCUT2D eigenvalue weighted by Crippen LogP contribution is 2.46. The SMILES string of the molecule is [2H]c1c([2H])c([2H])c2c(-c3ccc4oc5ccc6ccccc6c5c4c3)c3c([2H])c([2H])c([2H])c([2H])c3c(-c3ccc4ccc5ccccc5c4c3)c2c1[2H]. The topological polar surface area (TPSA) is 13.1 Å². The Kier molecular flexibility index (Phi) is 3.72. The van der Waals surface area contributed by atoms with Gasteiger partial charge in [-0.25, -0.2) is 0 Å². The molecule has 10 rings (SSSR count). The lowest BCUT2D eigenvalue weighted by molar-refractivity contribution is 0.669. The van der Waals surface area contributed by atoms with Gasteiger partial charge in [-0.1, -0.05) is 133 Å². The van der Waals surface area contributed by atoms with Gasteiger partial charge < -0.3 is 4.42 Å². The molecule has 0 saturated carbocycles. The minimum atomic E-state index is -0.430. The van der Waals surface area contributed by atoms with Crippen molar-refractivity contribution < 1.29 is 15.4 Å². The standard InChI is InChI=1S/C44H26O/c1-3-11-32-27(9-1)17-18-29-19-20-30(25-38(29)32)42-34-13-5-7-15-36(34)43(37-16-8-6-14-35(37)42)31-22-23-40-39(26-31)44-33-12-4-2-10-28(33)21-24-41(44)45-40/h1-26H/i5D,6D,7D,8D,13D,14D,15D,16D. The molecule has 45 heavy (non-hydrogen) atoms. The first-order valence-corrected chi connectivity index (χ1v) is 14.9. The molecule has 0 saturated heterocycles. The Morgan fingerprint density at radius 3 is 1.51 bits per heavy atom. The van der Waals surface area contributed by atoms with E-state index in [-0.39, 0.29) is 45.7 Å². The molecular weight excluding hydrogens is 544 g/mol. The van der Waals surface area contributed by atoms with E-state index in [2.05, 4.69) is 0 Å². The Balaban J connectivity index is 1.43. The van der Waals surface area contributed by atoms with Crippen LogP contribution < -0.4 is 0 Å². The maximum atomic E-state index is 9.38. The van der Waals surface area contributed by atoms with E-state index in [9.17, 15) is 5.48 Å². The highest BCUT2D eigenvalue weighted by molar-refractivity contribution is 6.24. The number of furan rings is 1. The molecule has 9 aromatic carbocycles. The molecule has 0 N–H and O–H groups in total. The lowest BCUT2D eigenvalue weighted by Gasteiger charge is -2.18. The van der Waals surface area contributed by atoms with Crippen LogP contribution in [0.3, 0.4) is 0 Å². The number of benzene rings is 9. The molecular formula is C44H26O. The van der Waals surface area contributed by atoms with Gasteiger partial charge in [-0.3, -0.25) is 0 Å². The van der Waals surface area contributed by atoms with Crippen LogP contribution in [-0.4, -0.2) is 0 Å². The van der Waals surface area contributed by atoms with Crippen LogP contribution in [0.5, 0.6) is 0 Å². The first-order valence-electron chi connectivity index (χ1n) is 18.9. The molecule has 1 heterocycles. The molecule has 10 aromatic rings. The van der Waals surface area contributed by atoms with Gasteiger partial charge in [0.2, 0.25) is 0 Å². The van der Waals surface area contributed by atoms with Crippen molar-refractivity contribution in [1.29, 1.82) is 0 Å². The Morgan fingerprint density at radius 2 is 0.844 bits per heavy atom. The predicted octanol–water partition coefficient (Wildman–Crippen LogP) is 12.7. The van der Waals surface area contributed by atoms with E-state index in [1.54, 1.807) is 6.07 Å². The molecule has 0 radical (unpaired) electrons. The van der Waals surface area contributed by atoms with Gasteiger partial charge in [-0.15, -0.1) is 0 Å². The van der Waals surface area contributed by atoms with Gasteiger partial charge in [0.05, 0.1) is 11.0 Å². The normalized spacial score (nSPS) is 14.5. The van der Waals surface area contributed by atoms with E-state index < -0.39 is 24.2 Å². The third kappa shape index (κ3) is 3.56. The van der Waals surface area contributed by atoms with Gasteiger partial charge in [-0.05, 0) is 100 Å². The van der Waals surface area contributed by atoms with Crippen molar-refractivity contribution in [2.75, 3.05) is 0 Å². The Hall–Kier alpha value is -5.92. The van der Waals surface area contributed by atoms with Crippen molar-refractivity contribution in [3.8, 4) is 22.3 Å². The van der Waals surface area contributed by atoms with Crippen molar-refractivity contribution in [3.05, 3.63) is 158 Å². The van der Waals surface area contributed by atoms with Crippen molar-refractivity contribution >= 4 is 75.8 Å². The molecule has 0 aliphatic carbocycles. The molecule has 0 aliphatic heterocycles. The van der Waals surface area contributed by atoms with E-state index in [0.29, 0.717) is 33.4 Å². The zero-order chi connectivity index (χ0) is 36.4. The summed E-state index contributed by atoms with van der Waals surface area (Å²) in [5.74, 6) is 0.